The molecule has 3 N–H and O–H groups in total. The average Bonchev–Trinajstić information content (AvgIpc) is 2.37. The van der Waals surface area contributed by atoms with Crippen molar-refractivity contribution in [3.63, 3.8) is 0 Å². The molecule has 1 aromatic carbocycles. The maximum absolute atomic E-state index is 5.82. The summed E-state index contributed by atoms with van der Waals surface area (Å²) < 4.78 is 5.03. The van der Waals surface area contributed by atoms with Crippen LogP contribution in [0.25, 0.3) is 0 Å². The van der Waals surface area contributed by atoms with Crippen molar-refractivity contribution >= 4 is 35.6 Å². The van der Waals surface area contributed by atoms with Crippen molar-refractivity contribution in [2.45, 2.75) is 19.5 Å². The molecule has 0 fully saturated rings. The fourth-order valence-electron chi connectivity index (χ4n) is 1.70. The molecular formula is C14H25IN4O. The summed E-state index contributed by atoms with van der Waals surface area (Å²) in [5, 5.41) is 3.08. The average molecular weight is 392 g/mol. The predicted molar refractivity (Wildman–Crippen MR) is 96.0 cm³/mol. The van der Waals surface area contributed by atoms with E-state index < -0.39 is 0 Å². The summed E-state index contributed by atoms with van der Waals surface area (Å²) in [6.45, 7) is 3.17. The minimum Gasteiger partial charge on any atom is -0.383 e. The standard InChI is InChI=1S/C14H24N4O.HI/c1-11(10-19-4)17-14(15)16-9-12-6-5-7-13(8-12)18(2)3;/h5-8,11H,9-10H2,1-4H3,(H3,15,16,17);1H. The number of methoxy groups -OCH3 is 1. The normalized spacial score (nSPS) is 12.5. The lowest BCUT2D eigenvalue weighted by atomic mass is 10.2. The molecule has 0 spiro atoms. The molecule has 5 nitrogen and oxygen atoms in total. The second kappa shape index (κ2) is 9.82. The van der Waals surface area contributed by atoms with Gasteiger partial charge in [0.05, 0.1) is 13.2 Å². The zero-order valence-corrected chi connectivity index (χ0v) is 14.9. The lowest BCUT2D eigenvalue weighted by molar-refractivity contribution is 0.179. The van der Waals surface area contributed by atoms with Crippen LogP contribution < -0.4 is 16.0 Å². The number of nitrogens with one attached hydrogen (secondary N) is 1. The number of hydrogen-bond acceptors (Lipinski definition) is 3. The molecule has 6 heteroatoms. The van der Waals surface area contributed by atoms with Gasteiger partial charge in [-0.25, -0.2) is 4.99 Å². The van der Waals surface area contributed by atoms with Gasteiger partial charge in [-0.15, -0.1) is 24.0 Å². The molecule has 1 atom stereocenters. The van der Waals surface area contributed by atoms with Crippen LogP contribution in [0.1, 0.15) is 12.5 Å². The van der Waals surface area contributed by atoms with Crippen LogP contribution in [0.3, 0.4) is 0 Å². The van der Waals surface area contributed by atoms with E-state index in [1.807, 2.05) is 33.2 Å². The molecule has 0 aromatic heterocycles. The molecule has 0 aliphatic heterocycles. The van der Waals surface area contributed by atoms with E-state index in [2.05, 4.69) is 27.3 Å². The SMILES string of the molecule is COCC(C)NC(N)=NCc1cccc(N(C)C)c1.I. The number of ether oxygens (including phenoxy) is 1. The molecule has 20 heavy (non-hydrogen) atoms. The molecule has 0 radical (unpaired) electrons. The summed E-state index contributed by atoms with van der Waals surface area (Å²) in [5.74, 6) is 0.444. The predicted octanol–water partition coefficient (Wildman–Crippen LogP) is 1.81. The Bertz CT molecular complexity index is 423. The van der Waals surface area contributed by atoms with E-state index in [-0.39, 0.29) is 30.0 Å². The minimum atomic E-state index is 0. The number of aliphatic imine (C=N–C) groups is 1. The monoisotopic (exact) mass is 392 g/mol. The minimum absolute atomic E-state index is 0. The largest absolute Gasteiger partial charge is 0.383 e. The number of guanidine groups is 1. The zero-order chi connectivity index (χ0) is 14.3. The number of hydrogen-bond donors (Lipinski definition) is 2. The Kier molecular flexibility index (Phi) is 9.32. The maximum atomic E-state index is 5.82. The molecule has 1 aromatic rings. The Balaban J connectivity index is 0.00000361. The molecule has 0 saturated heterocycles. The van der Waals surface area contributed by atoms with E-state index in [1.54, 1.807) is 7.11 Å². The third-order valence-electron chi connectivity index (χ3n) is 2.67. The lowest BCUT2D eigenvalue weighted by Gasteiger charge is -2.14. The molecule has 0 amide bonds. The summed E-state index contributed by atoms with van der Waals surface area (Å²) in [6.07, 6.45) is 0. The van der Waals surface area contributed by atoms with Crippen molar-refractivity contribution in [3.8, 4) is 0 Å². The van der Waals surface area contributed by atoms with Gasteiger partial charge in [-0.05, 0) is 24.6 Å². The highest BCUT2D eigenvalue weighted by Gasteiger charge is 2.02. The van der Waals surface area contributed by atoms with Gasteiger partial charge in [0, 0.05) is 32.9 Å². The van der Waals surface area contributed by atoms with Gasteiger partial charge in [0.15, 0.2) is 5.96 Å². The molecule has 1 rings (SSSR count). The van der Waals surface area contributed by atoms with E-state index >= 15 is 0 Å². The lowest BCUT2D eigenvalue weighted by Crippen LogP contribution is -2.40. The molecule has 0 aliphatic rings. The van der Waals surface area contributed by atoms with Crippen LogP contribution in [0, 0.1) is 0 Å². The van der Waals surface area contributed by atoms with Gasteiger partial charge >= 0.3 is 0 Å². The highest BCUT2D eigenvalue weighted by Crippen LogP contribution is 2.13. The number of rotatable bonds is 6. The third kappa shape index (κ3) is 6.95. The van der Waals surface area contributed by atoms with Crippen LogP contribution in [0.4, 0.5) is 5.69 Å². The molecular weight excluding hydrogens is 367 g/mol. The van der Waals surface area contributed by atoms with Crippen molar-refractivity contribution in [1.82, 2.24) is 5.32 Å². The van der Waals surface area contributed by atoms with E-state index in [0.717, 1.165) is 11.3 Å². The van der Waals surface area contributed by atoms with Crippen molar-refractivity contribution < 1.29 is 4.74 Å². The van der Waals surface area contributed by atoms with Gasteiger partial charge in [-0.2, -0.15) is 0 Å². The van der Waals surface area contributed by atoms with Crippen molar-refractivity contribution in [2.24, 2.45) is 10.7 Å². The second-order valence-corrected chi connectivity index (χ2v) is 4.77. The highest BCUT2D eigenvalue weighted by molar-refractivity contribution is 14.0. The van der Waals surface area contributed by atoms with Crippen molar-refractivity contribution in [1.29, 1.82) is 0 Å². The molecule has 1 unspecified atom stereocenters. The Morgan fingerprint density at radius 3 is 2.75 bits per heavy atom. The quantitative estimate of drug-likeness (QED) is 0.441. The van der Waals surface area contributed by atoms with E-state index in [0.29, 0.717) is 19.1 Å². The molecule has 114 valence electrons. The topological polar surface area (TPSA) is 62.9 Å². The van der Waals surface area contributed by atoms with E-state index in [4.69, 9.17) is 10.5 Å². The van der Waals surface area contributed by atoms with Crippen LogP contribution >= 0.6 is 24.0 Å². The summed E-state index contributed by atoms with van der Waals surface area (Å²) in [4.78, 5) is 6.39. The first-order valence-corrected chi connectivity index (χ1v) is 6.34. The Morgan fingerprint density at radius 1 is 1.45 bits per heavy atom. The molecule has 0 heterocycles. The summed E-state index contributed by atoms with van der Waals surface area (Å²) in [7, 11) is 5.70. The van der Waals surface area contributed by atoms with Gasteiger partial charge in [0.25, 0.3) is 0 Å². The van der Waals surface area contributed by atoms with Gasteiger partial charge < -0.3 is 20.7 Å². The van der Waals surface area contributed by atoms with Gasteiger partial charge in [-0.1, -0.05) is 12.1 Å². The fraction of sp³-hybridized carbons (Fsp3) is 0.500. The van der Waals surface area contributed by atoms with Crippen LogP contribution in [0.2, 0.25) is 0 Å². The number of benzene rings is 1. The Morgan fingerprint density at radius 2 is 2.15 bits per heavy atom. The van der Waals surface area contributed by atoms with Crippen molar-refractivity contribution in [3.05, 3.63) is 29.8 Å². The van der Waals surface area contributed by atoms with Gasteiger partial charge in [-0.3, -0.25) is 0 Å². The number of nitrogens with two attached hydrogens (primary N) is 1. The second-order valence-electron chi connectivity index (χ2n) is 4.77. The first kappa shape index (κ1) is 19.0. The van der Waals surface area contributed by atoms with E-state index in [1.165, 1.54) is 0 Å². The molecule has 0 bridgehead atoms. The summed E-state index contributed by atoms with van der Waals surface area (Å²) >= 11 is 0. The highest BCUT2D eigenvalue weighted by atomic mass is 127. The number of nitrogens with zero attached hydrogens (tertiary/aromatic N) is 2. The van der Waals surface area contributed by atoms with Crippen LogP contribution in [0.5, 0.6) is 0 Å². The number of halogens is 1. The first-order valence-electron chi connectivity index (χ1n) is 6.34. The van der Waals surface area contributed by atoms with Crippen LogP contribution in [-0.2, 0) is 11.3 Å². The number of anilines is 1. The maximum Gasteiger partial charge on any atom is 0.189 e. The summed E-state index contributed by atoms with van der Waals surface area (Å²) in [5.41, 5.74) is 8.12. The summed E-state index contributed by atoms with van der Waals surface area (Å²) in [6, 6.07) is 8.40. The third-order valence-corrected chi connectivity index (χ3v) is 2.67. The van der Waals surface area contributed by atoms with Crippen molar-refractivity contribution in [2.75, 3.05) is 32.7 Å². The fourth-order valence-corrected chi connectivity index (χ4v) is 1.70. The first-order chi connectivity index (χ1) is 9.02. The molecule has 0 aliphatic carbocycles. The van der Waals surface area contributed by atoms with E-state index in [9.17, 15) is 0 Å². The van der Waals surface area contributed by atoms with Crippen LogP contribution in [-0.4, -0.2) is 39.8 Å². The smallest absolute Gasteiger partial charge is 0.189 e. The van der Waals surface area contributed by atoms with Crippen LogP contribution in [0.15, 0.2) is 29.3 Å². The van der Waals surface area contributed by atoms with Gasteiger partial charge in [0.1, 0.15) is 0 Å². The van der Waals surface area contributed by atoms with Gasteiger partial charge in [0.2, 0.25) is 0 Å². The Hall–Kier alpha value is -1.02. The zero-order valence-electron chi connectivity index (χ0n) is 12.6. The Labute approximate surface area is 138 Å². The molecule has 0 saturated carbocycles.